The molecule has 3 aromatic rings. The van der Waals surface area contributed by atoms with Crippen LogP contribution < -0.4 is 15.5 Å². The third kappa shape index (κ3) is 6.84. The van der Waals surface area contributed by atoms with E-state index in [1.807, 2.05) is 67.6 Å². The van der Waals surface area contributed by atoms with Gasteiger partial charge in [0.15, 0.2) is 0 Å². The molecule has 0 aliphatic carbocycles. The summed E-state index contributed by atoms with van der Waals surface area (Å²) in [7, 11) is 0. The van der Waals surface area contributed by atoms with Gasteiger partial charge in [0, 0.05) is 20.7 Å². The minimum atomic E-state index is -0.472. The van der Waals surface area contributed by atoms with Crippen LogP contribution in [0.5, 0.6) is 5.75 Å². The Bertz CT molecular complexity index is 1090. The number of hydrazone groups is 1. The summed E-state index contributed by atoms with van der Waals surface area (Å²) in [5, 5.41) is 7.92. The second-order valence-corrected chi connectivity index (χ2v) is 8.37. The third-order valence-electron chi connectivity index (χ3n) is 4.53. The maximum Gasteiger partial charge on any atom is 0.262 e. The largest absolute Gasteiger partial charge is 0.488 e. The van der Waals surface area contributed by atoms with E-state index in [1.165, 1.54) is 0 Å². The van der Waals surface area contributed by atoms with Gasteiger partial charge in [-0.15, -0.1) is 0 Å². The van der Waals surface area contributed by atoms with E-state index in [9.17, 15) is 4.79 Å². The molecule has 3 aromatic carbocycles. The first-order chi connectivity index (χ1) is 14.9. The van der Waals surface area contributed by atoms with Crippen molar-refractivity contribution in [2.24, 2.45) is 5.10 Å². The van der Waals surface area contributed by atoms with Gasteiger partial charge in [0.1, 0.15) is 18.4 Å². The number of hydrogen-bond donors (Lipinski definition) is 2. The van der Waals surface area contributed by atoms with Crippen LogP contribution in [0.25, 0.3) is 0 Å². The minimum absolute atomic E-state index is 0.252. The number of ether oxygens (including phenoxy) is 1. The third-order valence-corrected chi connectivity index (χ3v) is 5.26. The summed E-state index contributed by atoms with van der Waals surface area (Å²) in [5.74, 6) is 0.432. The first-order valence-corrected chi connectivity index (χ1v) is 10.9. The number of amides is 1. The summed E-state index contributed by atoms with van der Waals surface area (Å²) >= 11 is 9.44. The number of halogens is 2. The molecule has 0 saturated heterocycles. The number of benzene rings is 3. The quantitative estimate of drug-likeness (QED) is 0.297. The summed E-state index contributed by atoms with van der Waals surface area (Å²) in [6.07, 6.45) is 1.58. The molecule has 2 N–H and O–H groups in total. The van der Waals surface area contributed by atoms with E-state index in [0.717, 1.165) is 26.9 Å². The molecule has 0 fully saturated rings. The zero-order chi connectivity index (χ0) is 22.2. The second-order valence-electron chi connectivity index (χ2n) is 7.02. The Morgan fingerprint density at radius 3 is 2.74 bits per heavy atom. The molecule has 0 spiro atoms. The van der Waals surface area contributed by atoms with Crippen molar-refractivity contribution in [2.45, 2.75) is 26.5 Å². The molecule has 0 aliphatic rings. The zero-order valence-electron chi connectivity index (χ0n) is 17.2. The molecule has 0 aliphatic heterocycles. The fourth-order valence-electron chi connectivity index (χ4n) is 2.86. The Kier molecular flexibility index (Phi) is 8.09. The van der Waals surface area contributed by atoms with Gasteiger partial charge in [0.2, 0.25) is 0 Å². The lowest BCUT2D eigenvalue weighted by molar-refractivity contribution is -0.121. The van der Waals surface area contributed by atoms with Crippen LogP contribution in [0.3, 0.4) is 0 Å². The minimum Gasteiger partial charge on any atom is -0.488 e. The van der Waals surface area contributed by atoms with E-state index in [4.69, 9.17) is 16.3 Å². The van der Waals surface area contributed by atoms with E-state index in [1.54, 1.807) is 19.2 Å². The fourth-order valence-corrected chi connectivity index (χ4v) is 3.53. The molecule has 0 heterocycles. The van der Waals surface area contributed by atoms with E-state index in [-0.39, 0.29) is 5.91 Å². The Balaban J connectivity index is 1.58. The van der Waals surface area contributed by atoms with Gasteiger partial charge >= 0.3 is 0 Å². The van der Waals surface area contributed by atoms with E-state index in [0.29, 0.717) is 17.4 Å². The van der Waals surface area contributed by atoms with Crippen molar-refractivity contribution >= 4 is 45.3 Å². The number of anilines is 1. The number of hydrogen-bond acceptors (Lipinski definition) is 4. The average Bonchev–Trinajstić information content (AvgIpc) is 2.75. The van der Waals surface area contributed by atoms with Crippen molar-refractivity contribution in [3.8, 4) is 5.75 Å². The van der Waals surface area contributed by atoms with Crippen LogP contribution in [0.2, 0.25) is 5.02 Å². The van der Waals surface area contributed by atoms with Crippen LogP contribution in [0, 0.1) is 6.92 Å². The SMILES string of the molecule is Cc1cc(Cl)ccc1N[C@H](C)C(=O)NN=Cc1ccccc1OCc1cccc(Br)c1. The van der Waals surface area contributed by atoms with E-state index < -0.39 is 6.04 Å². The molecule has 0 unspecified atom stereocenters. The van der Waals surface area contributed by atoms with Gasteiger partial charge in [0.25, 0.3) is 5.91 Å². The smallest absolute Gasteiger partial charge is 0.262 e. The maximum absolute atomic E-state index is 12.4. The molecular weight excluding hydrogens is 478 g/mol. The molecule has 160 valence electrons. The van der Waals surface area contributed by atoms with Crippen LogP contribution in [-0.4, -0.2) is 18.2 Å². The molecule has 5 nitrogen and oxygen atoms in total. The highest BCUT2D eigenvalue weighted by atomic mass is 79.9. The molecule has 1 atom stereocenters. The number of aryl methyl sites for hydroxylation is 1. The number of rotatable bonds is 8. The summed E-state index contributed by atoms with van der Waals surface area (Å²) in [5.41, 5.74) is 6.20. The first-order valence-electron chi connectivity index (χ1n) is 9.74. The molecule has 1 amide bonds. The maximum atomic E-state index is 12.4. The van der Waals surface area contributed by atoms with Gasteiger partial charge in [-0.05, 0) is 67.4 Å². The summed E-state index contributed by atoms with van der Waals surface area (Å²) in [4.78, 5) is 12.4. The van der Waals surface area contributed by atoms with Crippen molar-refractivity contribution < 1.29 is 9.53 Å². The van der Waals surface area contributed by atoms with Gasteiger partial charge < -0.3 is 10.1 Å². The van der Waals surface area contributed by atoms with Crippen molar-refractivity contribution in [3.63, 3.8) is 0 Å². The highest BCUT2D eigenvalue weighted by molar-refractivity contribution is 9.10. The van der Waals surface area contributed by atoms with Crippen molar-refractivity contribution in [1.29, 1.82) is 0 Å². The van der Waals surface area contributed by atoms with E-state index in [2.05, 4.69) is 31.8 Å². The first kappa shape index (κ1) is 22.8. The van der Waals surface area contributed by atoms with Gasteiger partial charge in [0.05, 0.1) is 6.21 Å². The number of nitrogens with zero attached hydrogens (tertiary/aromatic N) is 1. The Labute approximate surface area is 195 Å². The van der Waals surface area contributed by atoms with Gasteiger partial charge in [-0.25, -0.2) is 5.43 Å². The van der Waals surface area contributed by atoms with Gasteiger partial charge in [-0.2, -0.15) is 5.10 Å². The Hall–Kier alpha value is -2.83. The molecule has 7 heteroatoms. The average molecular weight is 501 g/mol. The number of nitrogens with one attached hydrogen (secondary N) is 2. The molecule has 0 aromatic heterocycles. The zero-order valence-corrected chi connectivity index (χ0v) is 19.6. The highest BCUT2D eigenvalue weighted by Gasteiger charge is 2.13. The van der Waals surface area contributed by atoms with Crippen LogP contribution in [0.4, 0.5) is 5.69 Å². The van der Waals surface area contributed by atoms with Crippen molar-refractivity contribution in [2.75, 3.05) is 5.32 Å². The molecule has 0 radical (unpaired) electrons. The molecule has 31 heavy (non-hydrogen) atoms. The van der Waals surface area contributed by atoms with Crippen LogP contribution in [0.15, 0.2) is 76.3 Å². The highest BCUT2D eigenvalue weighted by Crippen LogP contribution is 2.21. The molecule has 0 saturated carbocycles. The number of carbonyl (C=O) groups excluding carboxylic acids is 1. The van der Waals surface area contributed by atoms with Crippen molar-refractivity contribution in [3.05, 3.63) is 92.9 Å². The number of carbonyl (C=O) groups is 1. The lowest BCUT2D eigenvalue weighted by atomic mass is 10.2. The summed E-state index contributed by atoms with van der Waals surface area (Å²) in [6.45, 7) is 4.13. The number of para-hydroxylation sites is 1. The van der Waals surface area contributed by atoms with Crippen LogP contribution in [0.1, 0.15) is 23.6 Å². The summed E-state index contributed by atoms with van der Waals surface area (Å²) < 4.78 is 6.94. The standard InChI is InChI=1S/C24H23BrClN3O2/c1-16-12-21(26)10-11-22(16)28-17(2)24(30)29-27-14-19-7-3-4-9-23(19)31-15-18-6-5-8-20(25)13-18/h3-14,17,28H,15H2,1-2H3,(H,29,30)/t17-/m1/s1. The van der Waals surface area contributed by atoms with Crippen LogP contribution >= 0.6 is 27.5 Å². The summed E-state index contributed by atoms with van der Waals surface area (Å²) in [6, 6.07) is 20.5. The lowest BCUT2D eigenvalue weighted by Crippen LogP contribution is -2.35. The van der Waals surface area contributed by atoms with Gasteiger partial charge in [-0.3, -0.25) is 4.79 Å². The molecule has 3 rings (SSSR count). The second kappa shape index (κ2) is 11.0. The van der Waals surface area contributed by atoms with Crippen LogP contribution in [-0.2, 0) is 11.4 Å². The normalized spacial score (nSPS) is 11.9. The Morgan fingerprint density at radius 1 is 1.16 bits per heavy atom. The predicted octanol–water partition coefficient (Wildman–Crippen LogP) is 5.94. The fraction of sp³-hybridized carbons (Fsp3) is 0.167. The lowest BCUT2D eigenvalue weighted by Gasteiger charge is -2.15. The van der Waals surface area contributed by atoms with Crippen molar-refractivity contribution in [1.82, 2.24) is 5.43 Å². The predicted molar refractivity (Wildman–Crippen MR) is 130 cm³/mol. The Morgan fingerprint density at radius 2 is 1.97 bits per heavy atom. The van der Waals surface area contributed by atoms with E-state index >= 15 is 0 Å². The monoisotopic (exact) mass is 499 g/mol. The topological polar surface area (TPSA) is 62.7 Å². The molecule has 0 bridgehead atoms. The molecular formula is C24H23BrClN3O2. The van der Waals surface area contributed by atoms with Gasteiger partial charge in [-0.1, -0.05) is 51.8 Å².